The lowest BCUT2D eigenvalue weighted by Gasteiger charge is -2.20. The Balaban J connectivity index is 1.99. The lowest BCUT2D eigenvalue weighted by molar-refractivity contribution is 0.235. The highest BCUT2D eigenvalue weighted by Gasteiger charge is 2.17. The Labute approximate surface area is 138 Å². The fourth-order valence-corrected chi connectivity index (χ4v) is 2.63. The van der Waals surface area contributed by atoms with Crippen LogP contribution in [0.4, 0.5) is 0 Å². The van der Waals surface area contributed by atoms with E-state index in [1.807, 2.05) is 48.5 Å². The van der Waals surface area contributed by atoms with Crippen LogP contribution < -0.4 is 4.74 Å². The lowest BCUT2D eigenvalue weighted by Crippen LogP contribution is -2.10. The zero-order valence-corrected chi connectivity index (χ0v) is 13.5. The minimum atomic E-state index is -0.157. The van der Waals surface area contributed by atoms with E-state index in [1.54, 1.807) is 6.20 Å². The largest absolute Gasteiger partial charge is 0.464 e. The summed E-state index contributed by atoms with van der Waals surface area (Å²) in [4.78, 5) is 4.34. The van der Waals surface area contributed by atoms with E-state index in [0.29, 0.717) is 5.88 Å². The maximum absolute atomic E-state index is 6.20. The van der Waals surface area contributed by atoms with Crippen molar-refractivity contribution >= 4 is 22.6 Å². The third kappa shape index (κ3) is 3.42. The minimum absolute atomic E-state index is 0.157. The molecule has 0 bridgehead atoms. The van der Waals surface area contributed by atoms with Gasteiger partial charge < -0.3 is 4.74 Å². The first-order chi connectivity index (χ1) is 10.3. The fraction of sp³-hybridized carbons (Fsp3) is 0.0556. The summed E-state index contributed by atoms with van der Waals surface area (Å²) in [5.74, 6) is 0.663. The number of pyridine rings is 1. The molecule has 0 N–H and O–H groups in total. The summed E-state index contributed by atoms with van der Waals surface area (Å²) in [5.41, 5.74) is 2.23. The van der Waals surface area contributed by atoms with Crippen LogP contribution in [0.1, 0.15) is 17.2 Å². The highest BCUT2D eigenvalue weighted by atomic mass is 127. The molecular formula is C18H14INO. The number of hydrogen-bond donors (Lipinski definition) is 0. The topological polar surface area (TPSA) is 22.1 Å². The molecule has 0 saturated heterocycles. The summed E-state index contributed by atoms with van der Waals surface area (Å²) < 4.78 is 7.21. The average Bonchev–Trinajstić information content (AvgIpc) is 2.56. The van der Waals surface area contributed by atoms with Crippen molar-refractivity contribution in [3.8, 4) is 5.88 Å². The van der Waals surface area contributed by atoms with Gasteiger partial charge in [-0.15, -0.1) is 0 Å². The Kier molecular flexibility index (Phi) is 4.50. The van der Waals surface area contributed by atoms with Gasteiger partial charge in [0.2, 0.25) is 5.88 Å². The second-order valence-electron chi connectivity index (χ2n) is 4.61. The number of halogens is 1. The summed E-state index contributed by atoms with van der Waals surface area (Å²) in [5, 5.41) is 0. The minimum Gasteiger partial charge on any atom is -0.464 e. The van der Waals surface area contributed by atoms with Crippen molar-refractivity contribution in [3.05, 3.63) is 93.7 Å². The Hall–Kier alpha value is -1.88. The predicted octanol–water partition coefficient (Wildman–Crippen LogP) is 4.85. The zero-order valence-electron chi connectivity index (χ0n) is 11.3. The number of rotatable bonds is 4. The number of nitrogens with zero attached hydrogens (tertiary/aromatic N) is 1. The molecule has 0 saturated carbocycles. The molecule has 3 heteroatoms. The predicted molar refractivity (Wildman–Crippen MR) is 92.3 cm³/mol. The molecule has 0 aliphatic rings. The third-order valence-corrected chi connectivity index (χ3v) is 3.98. The second-order valence-corrected chi connectivity index (χ2v) is 5.77. The van der Waals surface area contributed by atoms with Crippen molar-refractivity contribution in [2.45, 2.75) is 6.10 Å². The van der Waals surface area contributed by atoms with E-state index in [4.69, 9.17) is 4.74 Å². The van der Waals surface area contributed by atoms with E-state index >= 15 is 0 Å². The summed E-state index contributed by atoms with van der Waals surface area (Å²) in [6, 6.07) is 24.3. The molecule has 21 heavy (non-hydrogen) atoms. The number of aromatic nitrogens is 1. The van der Waals surface area contributed by atoms with Gasteiger partial charge in [0, 0.05) is 6.20 Å². The standard InChI is InChI=1S/C18H14INO/c19-16-12-7-13-20-18(16)21-17(14-8-3-1-4-9-14)15-10-5-2-6-11-15/h1-13,17H. The third-order valence-electron chi connectivity index (χ3n) is 3.16. The molecule has 2 nitrogen and oxygen atoms in total. The maximum atomic E-state index is 6.20. The molecule has 3 rings (SSSR count). The number of benzene rings is 2. The monoisotopic (exact) mass is 387 g/mol. The lowest BCUT2D eigenvalue weighted by atomic mass is 10.0. The van der Waals surface area contributed by atoms with Crippen LogP contribution in [-0.2, 0) is 0 Å². The van der Waals surface area contributed by atoms with Crippen LogP contribution in [0.15, 0.2) is 79.0 Å². The summed E-state index contributed by atoms with van der Waals surface area (Å²) >= 11 is 2.24. The Morgan fingerprint density at radius 1 is 0.762 bits per heavy atom. The van der Waals surface area contributed by atoms with Crippen LogP contribution >= 0.6 is 22.6 Å². The SMILES string of the molecule is Ic1cccnc1OC(c1ccccc1)c1ccccc1. The fourth-order valence-electron chi connectivity index (χ4n) is 2.15. The van der Waals surface area contributed by atoms with Crippen molar-refractivity contribution < 1.29 is 4.74 Å². The number of hydrogen-bond acceptors (Lipinski definition) is 2. The molecule has 104 valence electrons. The first-order valence-electron chi connectivity index (χ1n) is 6.71. The Morgan fingerprint density at radius 3 is 1.86 bits per heavy atom. The van der Waals surface area contributed by atoms with Crippen LogP contribution in [0, 0.1) is 3.57 Å². The first-order valence-corrected chi connectivity index (χ1v) is 7.79. The molecule has 2 aromatic carbocycles. The average molecular weight is 387 g/mol. The molecule has 1 aromatic heterocycles. The van der Waals surface area contributed by atoms with Crippen molar-refractivity contribution in [3.63, 3.8) is 0 Å². The molecule has 0 atom stereocenters. The molecule has 0 fully saturated rings. The van der Waals surface area contributed by atoms with Gasteiger partial charge in [0.15, 0.2) is 6.10 Å². The van der Waals surface area contributed by atoms with Crippen LogP contribution in [0.3, 0.4) is 0 Å². The zero-order chi connectivity index (χ0) is 14.5. The quantitative estimate of drug-likeness (QED) is 0.597. The molecule has 0 unspecified atom stereocenters. The Morgan fingerprint density at radius 2 is 1.33 bits per heavy atom. The molecule has 0 radical (unpaired) electrons. The van der Waals surface area contributed by atoms with Crippen molar-refractivity contribution in [1.29, 1.82) is 0 Å². The smallest absolute Gasteiger partial charge is 0.228 e. The van der Waals surface area contributed by atoms with Gasteiger partial charge in [-0.1, -0.05) is 60.7 Å². The van der Waals surface area contributed by atoms with E-state index in [9.17, 15) is 0 Å². The van der Waals surface area contributed by atoms with Gasteiger partial charge >= 0.3 is 0 Å². The van der Waals surface area contributed by atoms with Crippen molar-refractivity contribution in [2.75, 3.05) is 0 Å². The van der Waals surface area contributed by atoms with Gasteiger partial charge in [0.25, 0.3) is 0 Å². The number of ether oxygens (including phenoxy) is 1. The van der Waals surface area contributed by atoms with E-state index in [0.717, 1.165) is 14.7 Å². The van der Waals surface area contributed by atoms with Gasteiger partial charge in [-0.3, -0.25) is 0 Å². The van der Waals surface area contributed by atoms with Crippen molar-refractivity contribution in [2.24, 2.45) is 0 Å². The summed E-state index contributed by atoms with van der Waals surface area (Å²) in [7, 11) is 0. The van der Waals surface area contributed by atoms with Gasteiger partial charge in [-0.25, -0.2) is 4.98 Å². The van der Waals surface area contributed by atoms with Crippen LogP contribution in [0.5, 0.6) is 5.88 Å². The van der Waals surface area contributed by atoms with Crippen LogP contribution in [0.2, 0.25) is 0 Å². The second kappa shape index (κ2) is 6.72. The molecule has 0 aliphatic carbocycles. The first kappa shape index (κ1) is 14.1. The maximum Gasteiger partial charge on any atom is 0.228 e. The van der Waals surface area contributed by atoms with Crippen LogP contribution in [0.25, 0.3) is 0 Å². The summed E-state index contributed by atoms with van der Waals surface area (Å²) in [6.07, 6.45) is 1.60. The van der Waals surface area contributed by atoms with Gasteiger partial charge in [0.05, 0.1) is 3.57 Å². The van der Waals surface area contributed by atoms with Gasteiger partial charge in [-0.2, -0.15) is 0 Å². The highest BCUT2D eigenvalue weighted by molar-refractivity contribution is 14.1. The van der Waals surface area contributed by atoms with E-state index in [-0.39, 0.29) is 6.10 Å². The van der Waals surface area contributed by atoms with E-state index in [2.05, 4.69) is 51.8 Å². The molecule has 1 heterocycles. The van der Waals surface area contributed by atoms with Gasteiger partial charge in [0.1, 0.15) is 0 Å². The molecule has 3 aromatic rings. The summed E-state index contributed by atoms with van der Waals surface area (Å²) in [6.45, 7) is 0. The van der Waals surface area contributed by atoms with Crippen molar-refractivity contribution in [1.82, 2.24) is 4.98 Å². The van der Waals surface area contributed by atoms with Crippen LogP contribution in [-0.4, -0.2) is 4.98 Å². The Bertz CT molecular complexity index is 661. The molecule has 0 amide bonds. The van der Waals surface area contributed by atoms with E-state index in [1.165, 1.54) is 0 Å². The molecule has 0 aliphatic heterocycles. The van der Waals surface area contributed by atoms with Gasteiger partial charge in [-0.05, 0) is 45.9 Å². The molecular weight excluding hydrogens is 373 g/mol. The van der Waals surface area contributed by atoms with E-state index < -0.39 is 0 Å². The highest BCUT2D eigenvalue weighted by Crippen LogP contribution is 2.29. The molecule has 0 spiro atoms. The normalized spacial score (nSPS) is 10.6.